The largest absolute Gasteiger partial charge is 0.416 e. The minimum atomic E-state index is -4.41. The number of hydrogen-bond acceptors (Lipinski definition) is 1. The Hall–Kier alpha value is -1.58. The topological polar surface area (TPSA) is 17.1 Å². The molecule has 0 saturated heterocycles. The first kappa shape index (κ1) is 12.5. The highest BCUT2D eigenvalue weighted by Gasteiger charge is 2.30. The molecule has 0 amide bonds. The Balaban J connectivity index is 2.99. The summed E-state index contributed by atoms with van der Waals surface area (Å²) >= 11 is 0. The van der Waals surface area contributed by atoms with E-state index in [0.717, 1.165) is 12.1 Å². The van der Waals surface area contributed by atoms with Gasteiger partial charge in [-0.1, -0.05) is 25.1 Å². The minimum absolute atomic E-state index is 0.0551. The number of hydrogen-bond donors (Lipinski definition) is 0. The molecular weight excluding hydrogens is 217 g/mol. The zero-order chi connectivity index (χ0) is 12.2. The van der Waals surface area contributed by atoms with E-state index in [4.69, 9.17) is 0 Å². The average molecular weight is 228 g/mol. The molecule has 0 spiro atoms. The third-order valence-electron chi connectivity index (χ3n) is 1.98. The third-order valence-corrected chi connectivity index (χ3v) is 1.98. The number of allylic oxidation sites excluding steroid dienone is 2. The van der Waals surface area contributed by atoms with Gasteiger partial charge in [0.05, 0.1) is 5.56 Å². The molecule has 0 fully saturated rings. The monoisotopic (exact) mass is 228 g/mol. The van der Waals surface area contributed by atoms with E-state index in [2.05, 4.69) is 0 Å². The molecule has 0 bridgehead atoms. The van der Waals surface area contributed by atoms with Crippen LogP contribution in [0, 0.1) is 0 Å². The lowest BCUT2D eigenvalue weighted by molar-refractivity contribution is -0.137. The molecule has 0 saturated carbocycles. The molecule has 0 aliphatic carbocycles. The molecule has 16 heavy (non-hydrogen) atoms. The second kappa shape index (κ2) is 4.96. The van der Waals surface area contributed by atoms with E-state index < -0.39 is 17.5 Å². The SMILES string of the molecule is CC/C=C/C(=O)c1cccc(C(F)(F)F)c1. The molecule has 0 aromatic heterocycles. The van der Waals surface area contributed by atoms with Crippen molar-refractivity contribution in [2.45, 2.75) is 19.5 Å². The van der Waals surface area contributed by atoms with Crippen LogP contribution in [-0.4, -0.2) is 5.78 Å². The summed E-state index contributed by atoms with van der Waals surface area (Å²) in [4.78, 5) is 11.4. The van der Waals surface area contributed by atoms with Crippen molar-refractivity contribution in [3.63, 3.8) is 0 Å². The lowest BCUT2D eigenvalue weighted by Gasteiger charge is -2.06. The molecule has 1 nitrogen and oxygen atoms in total. The minimum Gasteiger partial charge on any atom is -0.289 e. The van der Waals surface area contributed by atoms with Crippen LogP contribution >= 0.6 is 0 Å². The van der Waals surface area contributed by atoms with Crippen LogP contribution in [0.3, 0.4) is 0 Å². The maximum absolute atomic E-state index is 12.4. The zero-order valence-corrected chi connectivity index (χ0v) is 8.71. The van der Waals surface area contributed by atoms with Gasteiger partial charge < -0.3 is 0 Å². The van der Waals surface area contributed by atoms with E-state index in [0.29, 0.717) is 6.42 Å². The first-order chi connectivity index (χ1) is 7.45. The number of alkyl halides is 3. The van der Waals surface area contributed by atoms with Crippen molar-refractivity contribution in [3.05, 3.63) is 47.5 Å². The van der Waals surface area contributed by atoms with Crippen molar-refractivity contribution in [1.29, 1.82) is 0 Å². The fraction of sp³-hybridized carbons (Fsp3) is 0.250. The van der Waals surface area contributed by atoms with Crippen LogP contribution in [0.25, 0.3) is 0 Å². The molecule has 0 aliphatic rings. The molecule has 0 radical (unpaired) electrons. The Bertz CT molecular complexity index is 405. The Labute approximate surface area is 91.6 Å². The van der Waals surface area contributed by atoms with Gasteiger partial charge in [-0.05, 0) is 24.6 Å². The number of carbonyl (C=O) groups is 1. The third kappa shape index (κ3) is 3.22. The summed E-state index contributed by atoms with van der Waals surface area (Å²) in [5, 5.41) is 0. The van der Waals surface area contributed by atoms with Crippen molar-refractivity contribution >= 4 is 5.78 Å². The van der Waals surface area contributed by atoms with E-state index in [-0.39, 0.29) is 5.56 Å². The van der Waals surface area contributed by atoms with Crippen LogP contribution in [0.5, 0.6) is 0 Å². The molecular formula is C12H11F3O. The van der Waals surface area contributed by atoms with E-state index in [9.17, 15) is 18.0 Å². The standard InChI is InChI=1S/C12H11F3O/c1-2-3-7-11(16)9-5-4-6-10(8-9)12(13,14)15/h3-8H,2H2,1H3/b7-3+. The van der Waals surface area contributed by atoms with Gasteiger partial charge in [-0.3, -0.25) is 4.79 Å². The van der Waals surface area contributed by atoms with Crippen molar-refractivity contribution in [2.75, 3.05) is 0 Å². The molecule has 1 rings (SSSR count). The van der Waals surface area contributed by atoms with Crippen LogP contribution in [0.1, 0.15) is 29.3 Å². The molecule has 0 N–H and O–H groups in total. The van der Waals surface area contributed by atoms with Crippen LogP contribution in [0.2, 0.25) is 0 Å². The predicted molar refractivity (Wildman–Crippen MR) is 55.2 cm³/mol. The first-order valence-corrected chi connectivity index (χ1v) is 4.83. The van der Waals surface area contributed by atoms with Gasteiger partial charge in [-0.15, -0.1) is 0 Å². The average Bonchev–Trinajstić information content (AvgIpc) is 2.25. The summed E-state index contributed by atoms with van der Waals surface area (Å²) in [6.45, 7) is 1.84. The van der Waals surface area contributed by atoms with E-state index >= 15 is 0 Å². The summed E-state index contributed by atoms with van der Waals surface area (Å²) in [6, 6.07) is 4.41. The Morgan fingerprint density at radius 3 is 2.62 bits per heavy atom. The summed E-state index contributed by atoms with van der Waals surface area (Å²) in [7, 11) is 0. The van der Waals surface area contributed by atoms with Crippen molar-refractivity contribution in [2.24, 2.45) is 0 Å². The molecule has 0 heterocycles. The molecule has 0 unspecified atom stereocenters. The summed E-state index contributed by atoms with van der Waals surface area (Å²) in [6.07, 6.45) is -0.840. The fourth-order valence-corrected chi connectivity index (χ4v) is 1.17. The van der Waals surface area contributed by atoms with Crippen LogP contribution in [-0.2, 0) is 6.18 Å². The number of ketones is 1. The van der Waals surface area contributed by atoms with Crippen LogP contribution in [0.15, 0.2) is 36.4 Å². The summed E-state index contributed by atoms with van der Waals surface area (Å²) in [5.74, 6) is -0.409. The molecule has 1 aromatic carbocycles. The maximum atomic E-state index is 12.4. The Morgan fingerprint density at radius 1 is 1.38 bits per heavy atom. The number of carbonyl (C=O) groups excluding carboxylic acids is 1. The van der Waals surface area contributed by atoms with Gasteiger partial charge in [0.2, 0.25) is 0 Å². The predicted octanol–water partition coefficient (Wildman–Crippen LogP) is 3.85. The first-order valence-electron chi connectivity index (χ1n) is 4.83. The van der Waals surface area contributed by atoms with Crippen molar-refractivity contribution in [1.82, 2.24) is 0 Å². The lowest BCUT2D eigenvalue weighted by Crippen LogP contribution is -2.06. The van der Waals surface area contributed by atoms with E-state index in [1.54, 1.807) is 6.08 Å². The molecule has 0 aliphatic heterocycles. The van der Waals surface area contributed by atoms with Gasteiger partial charge in [-0.2, -0.15) is 13.2 Å². The van der Waals surface area contributed by atoms with Crippen LogP contribution in [0.4, 0.5) is 13.2 Å². The van der Waals surface area contributed by atoms with E-state index in [1.165, 1.54) is 18.2 Å². The number of benzene rings is 1. The molecule has 4 heteroatoms. The lowest BCUT2D eigenvalue weighted by atomic mass is 10.1. The quantitative estimate of drug-likeness (QED) is 0.567. The molecule has 86 valence electrons. The molecule has 0 atom stereocenters. The van der Waals surface area contributed by atoms with Gasteiger partial charge in [0, 0.05) is 5.56 Å². The van der Waals surface area contributed by atoms with Gasteiger partial charge in [-0.25, -0.2) is 0 Å². The van der Waals surface area contributed by atoms with Gasteiger partial charge >= 0.3 is 6.18 Å². The van der Waals surface area contributed by atoms with Crippen molar-refractivity contribution in [3.8, 4) is 0 Å². The second-order valence-electron chi connectivity index (χ2n) is 3.25. The van der Waals surface area contributed by atoms with Crippen molar-refractivity contribution < 1.29 is 18.0 Å². The highest BCUT2D eigenvalue weighted by atomic mass is 19.4. The highest BCUT2D eigenvalue weighted by Crippen LogP contribution is 2.29. The van der Waals surface area contributed by atoms with Gasteiger partial charge in [0.25, 0.3) is 0 Å². The van der Waals surface area contributed by atoms with Gasteiger partial charge in [0.1, 0.15) is 0 Å². The van der Waals surface area contributed by atoms with Gasteiger partial charge in [0.15, 0.2) is 5.78 Å². The number of rotatable bonds is 3. The zero-order valence-electron chi connectivity index (χ0n) is 8.71. The Morgan fingerprint density at radius 2 is 2.06 bits per heavy atom. The summed E-state index contributed by atoms with van der Waals surface area (Å²) < 4.78 is 37.1. The van der Waals surface area contributed by atoms with E-state index in [1.807, 2.05) is 6.92 Å². The highest BCUT2D eigenvalue weighted by molar-refractivity contribution is 6.04. The maximum Gasteiger partial charge on any atom is 0.416 e. The van der Waals surface area contributed by atoms with Crippen LogP contribution < -0.4 is 0 Å². The fourth-order valence-electron chi connectivity index (χ4n) is 1.17. The summed E-state index contributed by atoms with van der Waals surface area (Å²) in [5.41, 5.74) is -0.747. The second-order valence-corrected chi connectivity index (χ2v) is 3.25. The smallest absolute Gasteiger partial charge is 0.289 e. The Kier molecular flexibility index (Phi) is 3.88. The normalized spacial score (nSPS) is 12.0. The molecule has 1 aromatic rings. The number of halogens is 3.